The number of benzene rings is 1. The van der Waals surface area contributed by atoms with E-state index in [2.05, 4.69) is 21.0 Å². The van der Waals surface area contributed by atoms with Crippen LogP contribution in [-0.2, 0) is 6.54 Å². The quantitative estimate of drug-likeness (QED) is 0.635. The molecular formula is C12H12BrN3O3. The molecule has 100 valence electrons. The standard InChI is InChI=1S/C12H12BrN3O3/c1-3-15-12(11(16(17)18)8(2)14-15)19-10-6-4-9(13)5-7-10/h4-7H,3H2,1-2H3. The van der Waals surface area contributed by atoms with Gasteiger partial charge in [0.25, 0.3) is 5.88 Å². The van der Waals surface area contributed by atoms with Gasteiger partial charge in [0.2, 0.25) is 0 Å². The second kappa shape index (κ2) is 5.40. The van der Waals surface area contributed by atoms with Crippen LogP contribution in [-0.4, -0.2) is 14.7 Å². The largest absolute Gasteiger partial charge is 0.434 e. The predicted molar refractivity (Wildman–Crippen MR) is 73.5 cm³/mol. The van der Waals surface area contributed by atoms with Gasteiger partial charge in [0.1, 0.15) is 11.4 Å². The summed E-state index contributed by atoms with van der Waals surface area (Å²) >= 11 is 3.32. The molecule has 0 amide bonds. The molecule has 0 unspecified atom stereocenters. The summed E-state index contributed by atoms with van der Waals surface area (Å²) in [5.74, 6) is 0.688. The maximum absolute atomic E-state index is 11.1. The van der Waals surface area contributed by atoms with Gasteiger partial charge in [-0.15, -0.1) is 0 Å². The van der Waals surface area contributed by atoms with E-state index in [0.717, 1.165) is 4.47 Å². The fraction of sp³-hybridized carbons (Fsp3) is 0.250. The highest BCUT2D eigenvalue weighted by Gasteiger charge is 2.26. The van der Waals surface area contributed by atoms with Gasteiger partial charge in [-0.1, -0.05) is 15.9 Å². The fourth-order valence-corrected chi connectivity index (χ4v) is 1.95. The summed E-state index contributed by atoms with van der Waals surface area (Å²) in [7, 11) is 0. The zero-order valence-corrected chi connectivity index (χ0v) is 12.0. The second-order valence-corrected chi connectivity index (χ2v) is 4.78. The number of hydrogen-bond acceptors (Lipinski definition) is 4. The SMILES string of the molecule is CCn1nc(C)c([N+](=O)[O-])c1Oc1ccc(Br)cc1. The van der Waals surface area contributed by atoms with Crippen molar-refractivity contribution in [2.75, 3.05) is 0 Å². The second-order valence-electron chi connectivity index (χ2n) is 3.87. The van der Waals surface area contributed by atoms with Crippen LogP contribution in [0, 0.1) is 17.0 Å². The van der Waals surface area contributed by atoms with Crippen LogP contribution < -0.4 is 4.74 Å². The summed E-state index contributed by atoms with van der Waals surface area (Å²) in [6.45, 7) is 3.95. The highest BCUT2D eigenvalue weighted by molar-refractivity contribution is 9.10. The third kappa shape index (κ3) is 2.76. The molecule has 0 radical (unpaired) electrons. The van der Waals surface area contributed by atoms with Crippen molar-refractivity contribution in [2.24, 2.45) is 0 Å². The van der Waals surface area contributed by atoms with E-state index in [9.17, 15) is 10.1 Å². The summed E-state index contributed by atoms with van der Waals surface area (Å²) in [4.78, 5) is 10.6. The number of aryl methyl sites for hydroxylation is 2. The molecule has 6 nitrogen and oxygen atoms in total. The van der Waals surface area contributed by atoms with Crippen molar-refractivity contribution in [3.8, 4) is 11.6 Å². The maximum atomic E-state index is 11.1. The van der Waals surface area contributed by atoms with Crippen LogP contribution in [0.15, 0.2) is 28.7 Å². The van der Waals surface area contributed by atoms with Crippen molar-refractivity contribution in [1.29, 1.82) is 0 Å². The zero-order chi connectivity index (χ0) is 14.0. The van der Waals surface area contributed by atoms with E-state index < -0.39 is 4.92 Å². The summed E-state index contributed by atoms with van der Waals surface area (Å²) < 4.78 is 8.00. The first-order chi connectivity index (χ1) is 9.02. The number of nitrogens with zero attached hydrogens (tertiary/aromatic N) is 3. The first kappa shape index (κ1) is 13.5. The van der Waals surface area contributed by atoms with Crippen LogP contribution >= 0.6 is 15.9 Å². The van der Waals surface area contributed by atoms with Crippen molar-refractivity contribution < 1.29 is 9.66 Å². The molecule has 0 bridgehead atoms. The number of aromatic nitrogens is 2. The average molecular weight is 326 g/mol. The monoisotopic (exact) mass is 325 g/mol. The average Bonchev–Trinajstić information content (AvgIpc) is 2.68. The molecule has 0 aliphatic rings. The summed E-state index contributed by atoms with van der Waals surface area (Å²) in [6, 6.07) is 7.08. The minimum atomic E-state index is -0.470. The van der Waals surface area contributed by atoms with Gasteiger partial charge in [-0.05, 0) is 38.1 Å². The number of halogens is 1. The summed E-state index contributed by atoms with van der Waals surface area (Å²) in [5, 5.41) is 15.2. The lowest BCUT2D eigenvalue weighted by molar-refractivity contribution is -0.386. The van der Waals surface area contributed by atoms with Gasteiger partial charge in [0.05, 0.1) is 4.92 Å². The lowest BCUT2D eigenvalue weighted by Crippen LogP contribution is -2.00. The molecule has 1 aromatic carbocycles. The predicted octanol–water partition coefficient (Wildman–Crippen LogP) is 3.67. The van der Waals surface area contributed by atoms with Gasteiger partial charge in [-0.25, -0.2) is 4.68 Å². The topological polar surface area (TPSA) is 70.2 Å². The normalized spacial score (nSPS) is 10.5. The number of ether oxygens (including phenoxy) is 1. The summed E-state index contributed by atoms with van der Waals surface area (Å²) in [6.07, 6.45) is 0. The van der Waals surface area contributed by atoms with Crippen LogP contribution in [0.4, 0.5) is 5.69 Å². The Morgan fingerprint density at radius 3 is 2.58 bits per heavy atom. The van der Waals surface area contributed by atoms with E-state index in [4.69, 9.17) is 4.74 Å². The molecule has 7 heteroatoms. The van der Waals surface area contributed by atoms with Crippen LogP contribution in [0.1, 0.15) is 12.6 Å². The van der Waals surface area contributed by atoms with Crippen LogP contribution in [0.25, 0.3) is 0 Å². The van der Waals surface area contributed by atoms with E-state index in [1.54, 1.807) is 31.2 Å². The van der Waals surface area contributed by atoms with Gasteiger partial charge in [0.15, 0.2) is 0 Å². The molecule has 1 heterocycles. The third-order valence-electron chi connectivity index (χ3n) is 2.56. The molecule has 19 heavy (non-hydrogen) atoms. The Hall–Kier alpha value is -1.89. The molecule has 0 aliphatic heterocycles. The molecule has 0 atom stereocenters. The number of nitro groups is 1. The fourth-order valence-electron chi connectivity index (χ4n) is 1.69. The number of rotatable bonds is 4. The van der Waals surface area contributed by atoms with Gasteiger partial charge in [0, 0.05) is 11.0 Å². The van der Waals surface area contributed by atoms with Crippen molar-refractivity contribution in [3.05, 3.63) is 44.5 Å². The van der Waals surface area contributed by atoms with E-state index in [1.165, 1.54) is 4.68 Å². The van der Waals surface area contributed by atoms with E-state index in [-0.39, 0.29) is 11.6 Å². The molecule has 1 aromatic heterocycles. The number of hydrogen-bond donors (Lipinski definition) is 0. The zero-order valence-electron chi connectivity index (χ0n) is 10.5. The lowest BCUT2D eigenvalue weighted by atomic mass is 10.3. The molecule has 0 spiro atoms. The molecule has 0 saturated carbocycles. The minimum absolute atomic E-state index is 0.0928. The molecule has 0 fully saturated rings. The first-order valence-corrected chi connectivity index (χ1v) is 6.47. The Balaban J connectivity index is 2.43. The third-order valence-corrected chi connectivity index (χ3v) is 3.09. The molecular weight excluding hydrogens is 314 g/mol. The van der Waals surface area contributed by atoms with Crippen molar-refractivity contribution in [3.63, 3.8) is 0 Å². The van der Waals surface area contributed by atoms with Gasteiger partial charge < -0.3 is 4.74 Å². The van der Waals surface area contributed by atoms with E-state index >= 15 is 0 Å². The van der Waals surface area contributed by atoms with E-state index in [0.29, 0.717) is 18.0 Å². The molecule has 0 saturated heterocycles. The molecule has 2 rings (SSSR count). The van der Waals surface area contributed by atoms with Crippen molar-refractivity contribution in [2.45, 2.75) is 20.4 Å². The summed E-state index contributed by atoms with van der Waals surface area (Å²) in [5.41, 5.74) is 0.253. The lowest BCUT2D eigenvalue weighted by Gasteiger charge is -2.06. The smallest absolute Gasteiger partial charge is 0.353 e. The van der Waals surface area contributed by atoms with Gasteiger partial charge in [-0.3, -0.25) is 10.1 Å². The first-order valence-electron chi connectivity index (χ1n) is 5.68. The molecule has 0 aliphatic carbocycles. The highest BCUT2D eigenvalue weighted by Crippen LogP contribution is 2.34. The Labute approximate surface area is 118 Å². The molecule has 0 N–H and O–H groups in total. The maximum Gasteiger partial charge on any atom is 0.353 e. The Morgan fingerprint density at radius 2 is 2.05 bits per heavy atom. The van der Waals surface area contributed by atoms with Gasteiger partial charge >= 0.3 is 5.69 Å². The molecule has 2 aromatic rings. The Bertz CT molecular complexity index is 607. The van der Waals surface area contributed by atoms with Crippen molar-refractivity contribution in [1.82, 2.24) is 9.78 Å². The van der Waals surface area contributed by atoms with Crippen molar-refractivity contribution >= 4 is 21.6 Å². The Kier molecular flexibility index (Phi) is 3.84. The Morgan fingerprint density at radius 1 is 1.42 bits per heavy atom. The highest BCUT2D eigenvalue weighted by atomic mass is 79.9. The van der Waals surface area contributed by atoms with Gasteiger partial charge in [-0.2, -0.15) is 5.10 Å². The van der Waals surface area contributed by atoms with E-state index in [1.807, 2.05) is 6.92 Å². The van der Waals surface area contributed by atoms with Crippen LogP contribution in [0.2, 0.25) is 0 Å². The minimum Gasteiger partial charge on any atom is -0.434 e. The van der Waals surface area contributed by atoms with Crippen LogP contribution in [0.3, 0.4) is 0 Å². The van der Waals surface area contributed by atoms with Crippen LogP contribution in [0.5, 0.6) is 11.6 Å².